The largest absolute Gasteiger partial charge is 0.461 e. The Morgan fingerprint density at radius 2 is 1.52 bits per heavy atom. The number of allylic oxidation sites excluding steroid dienone is 1. The minimum absolute atomic E-state index is 0.0158. The molecule has 0 saturated heterocycles. The van der Waals surface area contributed by atoms with Crippen LogP contribution in [0.1, 0.15) is 58.1 Å². The van der Waals surface area contributed by atoms with E-state index in [9.17, 15) is 18.0 Å². The maximum Gasteiger partial charge on any atom is 0.310 e. The van der Waals surface area contributed by atoms with Crippen LogP contribution in [0, 0.1) is 23.7 Å². The first-order valence-corrected chi connectivity index (χ1v) is 16.4. The lowest BCUT2D eigenvalue weighted by atomic mass is 9.82. The lowest BCUT2D eigenvalue weighted by molar-refractivity contribution is -0.155. The summed E-state index contributed by atoms with van der Waals surface area (Å²) in [7, 11) is 0.00711. The zero-order valence-corrected chi connectivity index (χ0v) is 26.8. The molecule has 0 unspecified atom stereocenters. The summed E-state index contributed by atoms with van der Waals surface area (Å²) < 4.78 is 33.4. The Bertz CT molecular complexity index is 1210. The summed E-state index contributed by atoms with van der Waals surface area (Å²) in [4.78, 5) is 29.4. The van der Waals surface area contributed by atoms with E-state index in [4.69, 9.17) is 4.74 Å². The van der Waals surface area contributed by atoms with Gasteiger partial charge in [-0.1, -0.05) is 101 Å². The maximum absolute atomic E-state index is 13.9. The molecule has 0 aliphatic rings. The molecule has 1 amide bonds. The molecule has 2 atom stereocenters. The Balaban J connectivity index is 2.35. The fraction of sp³-hybridized carbons (Fsp3) is 0.515. The third-order valence-corrected chi connectivity index (χ3v) is 8.40. The van der Waals surface area contributed by atoms with Crippen molar-refractivity contribution in [2.75, 3.05) is 32.9 Å². The van der Waals surface area contributed by atoms with Gasteiger partial charge in [-0.25, -0.2) is 8.42 Å². The van der Waals surface area contributed by atoms with Crippen molar-refractivity contribution in [2.45, 2.75) is 53.6 Å². The quantitative estimate of drug-likeness (QED) is 0.183. The number of benzene rings is 2. The number of hydrogen-bond donors (Lipinski definition) is 1. The van der Waals surface area contributed by atoms with Crippen molar-refractivity contribution in [1.29, 1.82) is 0 Å². The van der Waals surface area contributed by atoms with E-state index in [-0.39, 0.29) is 37.2 Å². The highest BCUT2D eigenvalue weighted by Gasteiger charge is 2.37. The van der Waals surface area contributed by atoms with Crippen molar-refractivity contribution < 1.29 is 22.7 Å². The van der Waals surface area contributed by atoms with Crippen LogP contribution in [0.25, 0.3) is 6.08 Å². The van der Waals surface area contributed by atoms with Gasteiger partial charge < -0.3 is 9.64 Å². The van der Waals surface area contributed by atoms with E-state index in [0.29, 0.717) is 19.4 Å². The average molecular weight is 600 g/mol. The number of carbonyl (C=O) groups excluding carboxylic acids is 2. The Kier molecular flexibility index (Phi) is 14.9. The van der Waals surface area contributed by atoms with Gasteiger partial charge in [0.25, 0.3) is 0 Å². The summed E-state index contributed by atoms with van der Waals surface area (Å²) in [6, 6.07) is 19.1. The van der Waals surface area contributed by atoms with Crippen LogP contribution in [0.5, 0.6) is 0 Å². The molecule has 0 radical (unpaired) electrons. The third kappa shape index (κ3) is 12.9. The fourth-order valence-electron chi connectivity index (χ4n) is 4.58. The monoisotopic (exact) mass is 599 g/mol. The number of sulfonamides is 1. The highest BCUT2D eigenvalue weighted by molar-refractivity contribution is 7.89. The highest BCUT2D eigenvalue weighted by atomic mass is 32.2. The topological polar surface area (TPSA) is 96.0 Å². The normalized spacial score (nSPS) is 13.7. The second kappa shape index (κ2) is 17.8. The van der Waals surface area contributed by atoms with Gasteiger partial charge >= 0.3 is 5.97 Å². The molecule has 0 spiro atoms. The van der Waals surface area contributed by atoms with Crippen LogP contribution >= 0.6 is 0 Å². The average Bonchev–Trinajstić information content (AvgIpc) is 2.93. The first kappa shape index (κ1) is 35.2. The molecule has 8 nitrogen and oxygen atoms in total. The minimum atomic E-state index is -3.77. The zero-order valence-electron chi connectivity index (χ0n) is 26.0. The van der Waals surface area contributed by atoms with E-state index in [2.05, 4.69) is 5.43 Å². The predicted octanol–water partition coefficient (Wildman–Crippen LogP) is 5.38. The van der Waals surface area contributed by atoms with Crippen LogP contribution in [-0.2, 0) is 31.0 Å². The molecule has 2 aromatic carbocycles. The zero-order chi connectivity index (χ0) is 31.1. The van der Waals surface area contributed by atoms with Crippen LogP contribution in [0.2, 0.25) is 0 Å². The SMILES string of the molecule is CC(C)C[C@@H](C(=O)NN(CC(C)C)S(=O)(=O)CCCN(C)C)[C@H](C/C=C/c1ccccc1)C(=O)OCc1ccccc1. The van der Waals surface area contributed by atoms with Gasteiger partial charge in [-0.15, -0.1) is 4.41 Å². The van der Waals surface area contributed by atoms with Gasteiger partial charge in [-0.2, -0.15) is 0 Å². The van der Waals surface area contributed by atoms with Crippen LogP contribution in [0.3, 0.4) is 0 Å². The van der Waals surface area contributed by atoms with E-state index >= 15 is 0 Å². The summed E-state index contributed by atoms with van der Waals surface area (Å²) in [5, 5.41) is 0. The summed E-state index contributed by atoms with van der Waals surface area (Å²) >= 11 is 0. The summed E-state index contributed by atoms with van der Waals surface area (Å²) in [5.41, 5.74) is 4.54. The minimum Gasteiger partial charge on any atom is -0.461 e. The number of hydrogen-bond acceptors (Lipinski definition) is 6. The van der Waals surface area contributed by atoms with Crippen molar-refractivity contribution in [3.8, 4) is 0 Å². The van der Waals surface area contributed by atoms with Crippen molar-refractivity contribution in [3.63, 3.8) is 0 Å². The van der Waals surface area contributed by atoms with Gasteiger partial charge in [-0.05, 0) is 62.9 Å². The predicted molar refractivity (Wildman–Crippen MR) is 169 cm³/mol. The number of carbonyl (C=O) groups is 2. The summed E-state index contributed by atoms with van der Waals surface area (Å²) in [6.07, 6.45) is 4.91. The molecule has 2 aromatic rings. The van der Waals surface area contributed by atoms with Gasteiger partial charge in [0.2, 0.25) is 15.9 Å². The van der Waals surface area contributed by atoms with E-state index in [1.54, 1.807) is 0 Å². The lowest BCUT2D eigenvalue weighted by Gasteiger charge is -2.30. The lowest BCUT2D eigenvalue weighted by Crippen LogP contribution is -2.52. The standard InChI is InChI=1S/C33H49N3O5S/c1-26(2)23-31(32(37)34-36(24-27(3)4)42(39,40)22-14-21-35(5)6)30(20-13-19-28-15-9-7-10-16-28)33(38)41-25-29-17-11-8-12-18-29/h7-13,15-19,26-27,30-31H,14,20-25H2,1-6H3,(H,34,37)/b19-13+/t30-,31+/m0/s1. The molecular formula is C33H49N3O5S. The van der Waals surface area contributed by atoms with Crippen LogP contribution in [0.4, 0.5) is 0 Å². The van der Waals surface area contributed by atoms with Crippen LogP contribution in [-0.4, -0.2) is 62.5 Å². The molecule has 0 heterocycles. The summed E-state index contributed by atoms with van der Waals surface area (Å²) in [5.74, 6) is -2.59. The Labute approximate surface area is 253 Å². The van der Waals surface area contributed by atoms with E-state index in [1.165, 1.54) is 0 Å². The van der Waals surface area contributed by atoms with Gasteiger partial charge in [0, 0.05) is 6.54 Å². The highest BCUT2D eigenvalue weighted by Crippen LogP contribution is 2.27. The number of rotatable bonds is 18. The van der Waals surface area contributed by atoms with Gasteiger partial charge in [0.1, 0.15) is 6.61 Å². The van der Waals surface area contributed by atoms with E-state index < -0.39 is 33.7 Å². The molecule has 42 heavy (non-hydrogen) atoms. The number of ether oxygens (including phenoxy) is 1. The van der Waals surface area contributed by atoms with Gasteiger partial charge in [0.15, 0.2) is 0 Å². The maximum atomic E-state index is 13.9. The molecule has 1 N–H and O–H groups in total. The summed E-state index contributed by atoms with van der Waals surface area (Å²) in [6.45, 7) is 8.61. The van der Waals surface area contributed by atoms with Crippen molar-refractivity contribution in [1.82, 2.24) is 14.7 Å². The molecule has 0 saturated carbocycles. The first-order chi connectivity index (χ1) is 19.9. The van der Waals surface area contributed by atoms with Gasteiger partial charge in [-0.3, -0.25) is 15.0 Å². The van der Waals surface area contributed by atoms with Crippen molar-refractivity contribution in [2.24, 2.45) is 23.7 Å². The van der Waals surface area contributed by atoms with E-state index in [0.717, 1.165) is 15.5 Å². The molecule has 0 fully saturated rings. The van der Waals surface area contributed by atoms with Crippen molar-refractivity contribution in [3.05, 3.63) is 77.9 Å². The molecule has 0 aliphatic carbocycles. The molecule has 0 aromatic heterocycles. The smallest absolute Gasteiger partial charge is 0.310 e. The van der Waals surface area contributed by atoms with Crippen molar-refractivity contribution >= 4 is 28.0 Å². The Hall–Kier alpha value is -3.01. The Morgan fingerprint density at radius 3 is 2.10 bits per heavy atom. The third-order valence-electron chi connectivity index (χ3n) is 6.68. The molecule has 9 heteroatoms. The number of nitrogens with one attached hydrogen (secondary N) is 1. The molecule has 2 rings (SSSR count). The van der Waals surface area contributed by atoms with Crippen LogP contribution < -0.4 is 5.43 Å². The number of hydrazine groups is 1. The second-order valence-corrected chi connectivity index (χ2v) is 13.9. The van der Waals surface area contributed by atoms with Crippen LogP contribution in [0.15, 0.2) is 66.7 Å². The first-order valence-electron chi connectivity index (χ1n) is 14.8. The second-order valence-electron chi connectivity index (χ2n) is 11.9. The molecular weight excluding hydrogens is 550 g/mol. The molecule has 0 bridgehead atoms. The Morgan fingerprint density at radius 1 is 0.905 bits per heavy atom. The fourth-order valence-corrected chi connectivity index (χ4v) is 6.05. The van der Waals surface area contributed by atoms with E-state index in [1.807, 2.05) is 120 Å². The number of amides is 1. The molecule has 232 valence electrons. The number of esters is 1. The molecule has 0 aliphatic heterocycles. The van der Waals surface area contributed by atoms with Gasteiger partial charge in [0.05, 0.1) is 17.6 Å². The number of nitrogens with zero attached hydrogens (tertiary/aromatic N) is 2.